The summed E-state index contributed by atoms with van der Waals surface area (Å²) in [4.78, 5) is 12.0. The highest BCUT2D eigenvalue weighted by Gasteiger charge is 2.22. The van der Waals surface area contributed by atoms with Crippen molar-refractivity contribution >= 4 is 5.91 Å². The van der Waals surface area contributed by atoms with Crippen molar-refractivity contribution in [3.63, 3.8) is 0 Å². The van der Waals surface area contributed by atoms with Gasteiger partial charge in [-0.25, -0.2) is 0 Å². The molecule has 2 atom stereocenters. The zero-order chi connectivity index (χ0) is 13.0. The minimum atomic E-state index is 0.126. The molecular weight excluding hydrogens is 224 g/mol. The molecule has 1 heterocycles. The summed E-state index contributed by atoms with van der Waals surface area (Å²) in [6.07, 6.45) is 1.61. The van der Waals surface area contributed by atoms with Gasteiger partial charge in [0, 0.05) is 12.6 Å². The van der Waals surface area contributed by atoms with Crippen LogP contribution in [0.15, 0.2) is 24.3 Å². The van der Waals surface area contributed by atoms with Gasteiger partial charge >= 0.3 is 0 Å². The molecule has 1 aliphatic heterocycles. The van der Waals surface area contributed by atoms with E-state index >= 15 is 0 Å². The standard InChI is InChI=1S/C15H22N2O/c1-11-4-3-5-13(8-11)9-15(18)17-14-10-16-7-6-12(14)2/h3-5,8,12,14,16H,6-7,9-10H2,1-2H3,(H,17,18)/t12-,14+/m1/s1. The van der Waals surface area contributed by atoms with Gasteiger partial charge in [-0.05, 0) is 31.4 Å². The molecule has 1 aliphatic rings. The number of rotatable bonds is 3. The Bertz CT molecular complexity index is 417. The van der Waals surface area contributed by atoms with Gasteiger partial charge in [0.1, 0.15) is 0 Å². The Kier molecular flexibility index (Phi) is 4.37. The number of aryl methyl sites for hydroxylation is 1. The zero-order valence-electron chi connectivity index (χ0n) is 11.2. The lowest BCUT2D eigenvalue weighted by Gasteiger charge is -2.30. The summed E-state index contributed by atoms with van der Waals surface area (Å²) < 4.78 is 0. The lowest BCUT2D eigenvalue weighted by atomic mass is 9.94. The second-order valence-electron chi connectivity index (χ2n) is 5.31. The molecule has 0 saturated carbocycles. The van der Waals surface area contributed by atoms with E-state index in [9.17, 15) is 4.79 Å². The van der Waals surface area contributed by atoms with Gasteiger partial charge in [-0.3, -0.25) is 4.79 Å². The largest absolute Gasteiger partial charge is 0.352 e. The molecular formula is C15H22N2O. The van der Waals surface area contributed by atoms with Gasteiger partial charge in [0.15, 0.2) is 0 Å². The average molecular weight is 246 g/mol. The van der Waals surface area contributed by atoms with E-state index in [0.29, 0.717) is 12.3 Å². The molecule has 1 aromatic carbocycles. The first-order chi connectivity index (χ1) is 8.65. The first kappa shape index (κ1) is 13.1. The molecule has 3 heteroatoms. The summed E-state index contributed by atoms with van der Waals surface area (Å²) in [5.74, 6) is 0.689. The van der Waals surface area contributed by atoms with E-state index in [1.54, 1.807) is 0 Å². The van der Waals surface area contributed by atoms with Crippen molar-refractivity contribution in [1.82, 2.24) is 10.6 Å². The normalized spacial score (nSPS) is 23.7. The number of benzene rings is 1. The van der Waals surface area contributed by atoms with Gasteiger partial charge in [-0.2, -0.15) is 0 Å². The Hall–Kier alpha value is -1.35. The summed E-state index contributed by atoms with van der Waals surface area (Å²) in [7, 11) is 0. The van der Waals surface area contributed by atoms with Gasteiger partial charge in [0.25, 0.3) is 0 Å². The molecule has 0 unspecified atom stereocenters. The van der Waals surface area contributed by atoms with E-state index in [1.165, 1.54) is 5.56 Å². The van der Waals surface area contributed by atoms with Crippen LogP contribution in [0.2, 0.25) is 0 Å². The predicted octanol–water partition coefficient (Wildman–Crippen LogP) is 1.65. The lowest BCUT2D eigenvalue weighted by molar-refractivity contribution is -0.121. The molecule has 98 valence electrons. The van der Waals surface area contributed by atoms with Crippen LogP contribution in [0.1, 0.15) is 24.5 Å². The van der Waals surface area contributed by atoms with Crippen molar-refractivity contribution in [2.24, 2.45) is 5.92 Å². The molecule has 1 amide bonds. The van der Waals surface area contributed by atoms with E-state index < -0.39 is 0 Å². The topological polar surface area (TPSA) is 41.1 Å². The number of hydrogen-bond acceptors (Lipinski definition) is 2. The van der Waals surface area contributed by atoms with Crippen LogP contribution in [0, 0.1) is 12.8 Å². The highest BCUT2D eigenvalue weighted by Crippen LogP contribution is 2.11. The van der Waals surface area contributed by atoms with Gasteiger partial charge in [-0.1, -0.05) is 36.8 Å². The summed E-state index contributed by atoms with van der Waals surface area (Å²) in [5.41, 5.74) is 2.29. The third kappa shape index (κ3) is 3.57. The van der Waals surface area contributed by atoms with Gasteiger partial charge in [-0.15, -0.1) is 0 Å². The summed E-state index contributed by atoms with van der Waals surface area (Å²) >= 11 is 0. The maximum absolute atomic E-state index is 12.0. The summed E-state index contributed by atoms with van der Waals surface area (Å²) in [6, 6.07) is 8.41. The Labute approximate surface area is 109 Å². The second kappa shape index (κ2) is 6.01. The predicted molar refractivity (Wildman–Crippen MR) is 73.5 cm³/mol. The minimum absolute atomic E-state index is 0.126. The average Bonchev–Trinajstić information content (AvgIpc) is 2.32. The number of hydrogen-bond donors (Lipinski definition) is 2. The number of amides is 1. The van der Waals surface area contributed by atoms with Crippen LogP contribution in [-0.2, 0) is 11.2 Å². The van der Waals surface area contributed by atoms with E-state index in [0.717, 1.165) is 25.1 Å². The van der Waals surface area contributed by atoms with Crippen LogP contribution in [0.4, 0.5) is 0 Å². The van der Waals surface area contributed by atoms with Crippen LogP contribution >= 0.6 is 0 Å². The van der Waals surface area contributed by atoms with Crippen LogP contribution in [0.5, 0.6) is 0 Å². The Morgan fingerprint density at radius 2 is 2.33 bits per heavy atom. The van der Waals surface area contributed by atoms with E-state index in [-0.39, 0.29) is 11.9 Å². The molecule has 1 saturated heterocycles. The third-order valence-electron chi connectivity index (χ3n) is 3.62. The fourth-order valence-corrected chi connectivity index (χ4v) is 2.45. The highest BCUT2D eigenvalue weighted by atomic mass is 16.1. The monoisotopic (exact) mass is 246 g/mol. The van der Waals surface area contributed by atoms with Gasteiger partial charge in [0.05, 0.1) is 6.42 Å². The summed E-state index contributed by atoms with van der Waals surface area (Å²) in [6.45, 7) is 6.21. The van der Waals surface area contributed by atoms with Crippen molar-refractivity contribution in [3.05, 3.63) is 35.4 Å². The smallest absolute Gasteiger partial charge is 0.224 e. The van der Waals surface area contributed by atoms with E-state index in [4.69, 9.17) is 0 Å². The van der Waals surface area contributed by atoms with E-state index in [2.05, 4.69) is 36.6 Å². The molecule has 18 heavy (non-hydrogen) atoms. The Balaban J connectivity index is 1.88. The second-order valence-corrected chi connectivity index (χ2v) is 5.31. The first-order valence-corrected chi connectivity index (χ1v) is 6.71. The number of carbonyl (C=O) groups is 1. The molecule has 0 aromatic heterocycles. The van der Waals surface area contributed by atoms with Crippen LogP contribution in [-0.4, -0.2) is 25.0 Å². The number of nitrogens with one attached hydrogen (secondary N) is 2. The lowest BCUT2D eigenvalue weighted by Crippen LogP contribution is -2.50. The molecule has 1 fully saturated rings. The van der Waals surface area contributed by atoms with Crippen molar-refractivity contribution in [2.75, 3.05) is 13.1 Å². The SMILES string of the molecule is Cc1cccc(CC(=O)N[C@H]2CNCC[C@H]2C)c1. The van der Waals surface area contributed by atoms with Crippen molar-refractivity contribution in [2.45, 2.75) is 32.7 Å². The molecule has 1 aromatic rings. The Morgan fingerprint density at radius 3 is 3.06 bits per heavy atom. The molecule has 0 spiro atoms. The number of carbonyl (C=O) groups excluding carboxylic acids is 1. The molecule has 0 bridgehead atoms. The Morgan fingerprint density at radius 1 is 1.50 bits per heavy atom. The highest BCUT2D eigenvalue weighted by molar-refractivity contribution is 5.79. The quantitative estimate of drug-likeness (QED) is 0.851. The van der Waals surface area contributed by atoms with Crippen LogP contribution in [0.3, 0.4) is 0 Å². The van der Waals surface area contributed by atoms with Crippen molar-refractivity contribution in [1.29, 1.82) is 0 Å². The zero-order valence-corrected chi connectivity index (χ0v) is 11.2. The van der Waals surface area contributed by atoms with Gasteiger partial charge in [0.2, 0.25) is 5.91 Å². The molecule has 2 rings (SSSR count). The minimum Gasteiger partial charge on any atom is -0.352 e. The first-order valence-electron chi connectivity index (χ1n) is 6.71. The fourth-order valence-electron chi connectivity index (χ4n) is 2.45. The fraction of sp³-hybridized carbons (Fsp3) is 0.533. The summed E-state index contributed by atoms with van der Waals surface area (Å²) in [5, 5.41) is 6.46. The third-order valence-corrected chi connectivity index (χ3v) is 3.62. The van der Waals surface area contributed by atoms with Crippen LogP contribution < -0.4 is 10.6 Å². The van der Waals surface area contributed by atoms with Crippen LogP contribution in [0.25, 0.3) is 0 Å². The van der Waals surface area contributed by atoms with Crippen molar-refractivity contribution < 1.29 is 4.79 Å². The van der Waals surface area contributed by atoms with Gasteiger partial charge < -0.3 is 10.6 Å². The van der Waals surface area contributed by atoms with Crippen molar-refractivity contribution in [3.8, 4) is 0 Å². The molecule has 0 aliphatic carbocycles. The molecule has 3 nitrogen and oxygen atoms in total. The molecule has 0 radical (unpaired) electrons. The molecule has 2 N–H and O–H groups in total. The maximum atomic E-state index is 12.0. The number of piperidine rings is 1. The van der Waals surface area contributed by atoms with E-state index in [1.807, 2.05) is 12.1 Å². The maximum Gasteiger partial charge on any atom is 0.224 e.